The van der Waals surface area contributed by atoms with Crippen LogP contribution in [0.5, 0.6) is 5.75 Å². The number of carbonyl (C=O) groups is 2. The Labute approximate surface area is 106 Å². The zero-order valence-electron chi connectivity index (χ0n) is 10.7. The Morgan fingerprint density at radius 1 is 1.28 bits per heavy atom. The SMILES string of the molecule is CCOC(=O)COc1cc(C)ccc1C(=O)OC. The van der Waals surface area contributed by atoms with Crippen molar-refractivity contribution in [1.82, 2.24) is 0 Å². The number of carbonyl (C=O) groups excluding carboxylic acids is 2. The van der Waals surface area contributed by atoms with Crippen LogP contribution >= 0.6 is 0 Å². The predicted molar refractivity (Wildman–Crippen MR) is 64.6 cm³/mol. The number of benzene rings is 1. The summed E-state index contributed by atoms with van der Waals surface area (Å²) in [5.41, 5.74) is 1.20. The predicted octanol–water partition coefficient (Wildman–Crippen LogP) is 1.72. The average Bonchev–Trinajstić information content (AvgIpc) is 2.36. The first-order valence-electron chi connectivity index (χ1n) is 5.55. The Bertz CT molecular complexity index is 439. The Kier molecular flexibility index (Phi) is 5.17. The number of hydrogen-bond acceptors (Lipinski definition) is 5. The number of hydrogen-bond donors (Lipinski definition) is 0. The average molecular weight is 252 g/mol. The normalized spacial score (nSPS) is 9.72. The van der Waals surface area contributed by atoms with Gasteiger partial charge in [-0.15, -0.1) is 0 Å². The van der Waals surface area contributed by atoms with Crippen molar-refractivity contribution in [1.29, 1.82) is 0 Å². The molecule has 1 aromatic rings. The van der Waals surface area contributed by atoms with Crippen LogP contribution in [0.3, 0.4) is 0 Å². The highest BCUT2D eigenvalue weighted by molar-refractivity contribution is 5.92. The lowest BCUT2D eigenvalue weighted by Gasteiger charge is -2.10. The molecule has 0 unspecified atom stereocenters. The van der Waals surface area contributed by atoms with Crippen LogP contribution in [0.15, 0.2) is 18.2 Å². The maximum Gasteiger partial charge on any atom is 0.344 e. The van der Waals surface area contributed by atoms with Crippen LogP contribution in [0.4, 0.5) is 0 Å². The van der Waals surface area contributed by atoms with Gasteiger partial charge in [0.25, 0.3) is 0 Å². The molecule has 0 N–H and O–H groups in total. The maximum atomic E-state index is 11.5. The second kappa shape index (κ2) is 6.64. The summed E-state index contributed by atoms with van der Waals surface area (Å²) < 4.78 is 14.7. The molecule has 0 saturated carbocycles. The summed E-state index contributed by atoms with van der Waals surface area (Å²) in [4.78, 5) is 22.7. The molecule has 0 bridgehead atoms. The largest absolute Gasteiger partial charge is 0.481 e. The zero-order valence-corrected chi connectivity index (χ0v) is 10.7. The van der Waals surface area contributed by atoms with Gasteiger partial charge in [-0.2, -0.15) is 0 Å². The standard InChI is InChI=1S/C13H16O5/c1-4-17-12(14)8-18-11-7-9(2)5-6-10(11)13(15)16-3/h5-7H,4,8H2,1-3H3. The van der Waals surface area contributed by atoms with Gasteiger partial charge in [-0.25, -0.2) is 9.59 Å². The van der Waals surface area contributed by atoms with Gasteiger partial charge in [0.1, 0.15) is 11.3 Å². The molecule has 0 radical (unpaired) electrons. The van der Waals surface area contributed by atoms with Crippen molar-refractivity contribution in [2.75, 3.05) is 20.3 Å². The van der Waals surface area contributed by atoms with E-state index < -0.39 is 11.9 Å². The molecule has 0 fully saturated rings. The summed E-state index contributed by atoms with van der Waals surface area (Å²) in [5, 5.41) is 0. The Hall–Kier alpha value is -2.04. The van der Waals surface area contributed by atoms with E-state index in [9.17, 15) is 9.59 Å². The van der Waals surface area contributed by atoms with Crippen LogP contribution < -0.4 is 4.74 Å². The molecule has 98 valence electrons. The third-order valence-corrected chi connectivity index (χ3v) is 2.19. The molecule has 1 aromatic carbocycles. The third kappa shape index (κ3) is 3.76. The summed E-state index contributed by atoms with van der Waals surface area (Å²) in [7, 11) is 1.29. The van der Waals surface area contributed by atoms with E-state index in [1.54, 1.807) is 25.1 Å². The van der Waals surface area contributed by atoms with Gasteiger partial charge in [0.05, 0.1) is 13.7 Å². The van der Waals surface area contributed by atoms with E-state index in [-0.39, 0.29) is 12.2 Å². The summed E-state index contributed by atoms with van der Waals surface area (Å²) in [6, 6.07) is 5.04. The van der Waals surface area contributed by atoms with E-state index in [0.717, 1.165) is 5.56 Å². The molecule has 0 aromatic heterocycles. The molecule has 5 nitrogen and oxygen atoms in total. The van der Waals surface area contributed by atoms with Gasteiger partial charge in [0.2, 0.25) is 0 Å². The zero-order chi connectivity index (χ0) is 13.5. The van der Waals surface area contributed by atoms with E-state index in [4.69, 9.17) is 9.47 Å². The van der Waals surface area contributed by atoms with Gasteiger partial charge in [0.15, 0.2) is 6.61 Å². The van der Waals surface area contributed by atoms with E-state index >= 15 is 0 Å². The lowest BCUT2D eigenvalue weighted by Crippen LogP contribution is -2.16. The van der Waals surface area contributed by atoms with Crippen molar-refractivity contribution >= 4 is 11.9 Å². The van der Waals surface area contributed by atoms with Gasteiger partial charge in [0, 0.05) is 0 Å². The first-order valence-corrected chi connectivity index (χ1v) is 5.55. The van der Waals surface area contributed by atoms with Crippen LogP contribution in [0.2, 0.25) is 0 Å². The monoisotopic (exact) mass is 252 g/mol. The highest BCUT2D eigenvalue weighted by Gasteiger charge is 2.14. The minimum absolute atomic E-state index is 0.235. The van der Waals surface area contributed by atoms with Crippen LogP contribution in [-0.4, -0.2) is 32.3 Å². The number of aryl methyl sites for hydroxylation is 1. The van der Waals surface area contributed by atoms with Crippen molar-refractivity contribution in [3.05, 3.63) is 29.3 Å². The van der Waals surface area contributed by atoms with Crippen LogP contribution in [0.1, 0.15) is 22.8 Å². The summed E-state index contributed by atoms with van der Waals surface area (Å²) in [6.45, 7) is 3.63. The van der Waals surface area contributed by atoms with Crippen molar-refractivity contribution in [2.45, 2.75) is 13.8 Å². The van der Waals surface area contributed by atoms with Gasteiger partial charge < -0.3 is 14.2 Å². The highest BCUT2D eigenvalue weighted by Crippen LogP contribution is 2.21. The third-order valence-electron chi connectivity index (χ3n) is 2.19. The lowest BCUT2D eigenvalue weighted by atomic mass is 10.1. The van der Waals surface area contributed by atoms with Gasteiger partial charge in [-0.05, 0) is 31.5 Å². The molecule has 0 heterocycles. The molecule has 0 aliphatic carbocycles. The van der Waals surface area contributed by atoms with Crippen molar-refractivity contribution < 1.29 is 23.8 Å². The molecule has 18 heavy (non-hydrogen) atoms. The van der Waals surface area contributed by atoms with Gasteiger partial charge in [-0.3, -0.25) is 0 Å². The van der Waals surface area contributed by atoms with Crippen molar-refractivity contribution in [2.24, 2.45) is 0 Å². The Balaban J connectivity index is 2.82. The molecule has 0 amide bonds. The topological polar surface area (TPSA) is 61.8 Å². The van der Waals surface area contributed by atoms with Crippen molar-refractivity contribution in [3.8, 4) is 5.75 Å². The first kappa shape index (κ1) is 14.0. The molecule has 0 saturated heterocycles. The minimum Gasteiger partial charge on any atom is -0.481 e. The van der Waals surface area contributed by atoms with E-state index in [2.05, 4.69) is 4.74 Å². The van der Waals surface area contributed by atoms with Crippen LogP contribution in [-0.2, 0) is 14.3 Å². The van der Waals surface area contributed by atoms with Gasteiger partial charge in [-0.1, -0.05) is 6.07 Å². The quantitative estimate of drug-likeness (QED) is 0.747. The van der Waals surface area contributed by atoms with E-state index in [0.29, 0.717) is 12.4 Å². The molecular formula is C13H16O5. The molecular weight excluding hydrogens is 236 g/mol. The molecule has 5 heteroatoms. The number of rotatable bonds is 5. The fourth-order valence-electron chi connectivity index (χ4n) is 1.37. The second-order valence-corrected chi connectivity index (χ2v) is 3.58. The number of methoxy groups -OCH3 is 1. The molecule has 0 aliphatic heterocycles. The summed E-state index contributed by atoms with van der Waals surface area (Å²) in [5.74, 6) is -0.668. The smallest absolute Gasteiger partial charge is 0.344 e. The Morgan fingerprint density at radius 3 is 2.61 bits per heavy atom. The minimum atomic E-state index is -0.506. The van der Waals surface area contributed by atoms with E-state index in [1.165, 1.54) is 7.11 Å². The Morgan fingerprint density at radius 2 is 2.00 bits per heavy atom. The fraction of sp³-hybridized carbons (Fsp3) is 0.385. The maximum absolute atomic E-state index is 11.5. The molecule has 0 atom stereocenters. The van der Waals surface area contributed by atoms with E-state index in [1.807, 2.05) is 6.92 Å². The molecule has 1 rings (SSSR count). The number of ether oxygens (including phenoxy) is 3. The fourth-order valence-corrected chi connectivity index (χ4v) is 1.37. The molecule has 0 aliphatic rings. The van der Waals surface area contributed by atoms with Crippen LogP contribution in [0.25, 0.3) is 0 Å². The highest BCUT2D eigenvalue weighted by atomic mass is 16.6. The lowest BCUT2D eigenvalue weighted by molar-refractivity contribution is -0.145. The summed E-state index contributed by atoms with van der Waals surface area (Å²) in [6.07, 6.45) is 0. The number of esters is 2. The first-order chi connectivity index (χ1) is 8.58. The van der Waals surface area contributed by atoms with Gasteiger partial charge >= 0.3 is 11.9 Å². The van der Waals surface area contributed by atoms with Crippen LogP contribution in [0, 0.1) is 6.92 Å². The second-order valence-electron chi connectivity index (χ2n) is 3.58. The summed E-state index contributed by atoms with van der Waals surface area (Å²) >= 11 is 0. The van der Waals surface area contributed by atoms with Crippen molar-refractivity contribution in [3.63, 3.8) is 0 Å². The molecule has 0 spiro atoms.